The Bertz CT molecular complexity index is 1320. The minimum atomic E-state index is -5.05. The van der Waals surface area contributed by atoms with Crippen LogP contribution in [0.15, 0.2) is 36.4 Å². The normalized spacial score (nSPS) is 19.6. The van der Waals surface area contributed by atoms with Crippen molar-refractivity contribution in [1.82, 2.24) is 9.80 Å². The molecule has 0 radical (unpaired) electrons. The summed E-state index contributed by atoms with van der Waals surface area (Å²) in [5.41, 5.74) is -2.40. The lowest BCUT2D eigenvalue weighted by Gasteiger charge is -2.43. The summed E-state index contributed by atoms with van der Waals surface area (Å²) in [6.07, 6.45) is -10.0. The van der Waals surface area contributed by atoms with E-state index in [-0.39, 0.29) is 31.0 Å². The summed E-state index contributed by atoms with van der Waals surface area (Å²) in [5, 5.41) is -1.48. The van der Waals surface area contributed by atoms with E-state index in [1.54, 1.807) is 20.8 Å². The molecule has 40 heavy (non-hydrogen) atoms. The van der Waals surface area contributed by atoms with Crippen LogP contribution in [0.25, 0.3) is 0 Å². The highest BCUT2D eigenvalue weighted by Gasteiger charge is 2.42. The number of halogens is 7. The van der Waals surface area contributed by atoms with E-state index in [9.17, 15) is 43.9 Å². The predicted octanol–water partition coefficient (Wildman–Crippen LogP) is 7.31. The van der Waals surface area contributed by atoms with Crippen LogP contribution < -0.4 is 0 Å². The Hall–Kier alpha value is -2.83. The SMILES string of the molecule is Cc1cc(F)ccc1[C@H]1C[C@@H](S(=O)(=O)C(C)C)CCN1C(=O)N(C)C(C)c1cc(C(F)(F)F)cc(C(F)(F)F)c1. The molecule has 1 saturated heterocycles. The molecule has 1 fully saturated rings. The molecule has 2 aromatic rings. The molecule has 3 atom stereocenters. The van der Waals surface area contributed by atoms with Gasteiger partial charge in [-0.2, -0.15) is 26.3 Å². The van der Waals surface area contributed by atoms with Gasteiger partial charge in [-0.15, -0.1) is 0 Å². The zero-order valence-electron chi connectivity index (χ0n) is 22.6. The third kappa shape index (κ3) is 6.55. The molecule has 0 saturated carbocycles. The Labute approximate surface area is 228 Å². The highest BCUT2D eigenvalue weighted by molar-refractivity contribution is 7.92. The molecule has 2 aromatic carbocycles. The molecular weight excluding hydrogens is 565 g/mol. The number of likely N-dealkylation sites (tertiary alicyclic amines) is 1. The number of rotatable bonds is 5. The average molecular weight is 597 g/mol. The van der Waals surface area contributed by atoms with E-state index < -0.39 is 67.7 Å². The number of urea groups is 1. The molecule has 13 heteroatoms. The molecule has 222 valence electrons. The molecule has 0 spiro atoms. The van der Waals surface area contributed by atoms with Gasteiger partial charge in [-0.25, -0.2) is 17.6 Å². The molecule has 2 amide bonds. The first-order chi connectivity index (χ1) is 18.2. The summed E-state index contributed by atoms with van der Waals surface area (Å²) in [5.74, 6) is -0.531. The van der Waals surface area contributed by atoms with E-state index in [2.05, 4.69) is 0 Å². The second kappa shape index (κ2) is 11.2. The Morgan fingerprint density at radius 2 is 1.52 bits per heavy atom. The van der Waals surface area contributed by atoms with Crippen molar-refractivity contribution in [1.29, 1.82) is 0 Å². The summed E-state index contributed by atoms with van der Waals surface area (Å²) in [6, 6.07) is 2.31. The molecule has 1 heterocycles. The van der Waals surface area contributed by atoms with Crippen molar-refractivity contribution in [3.63, 3.8) is 0 Å². The number of hydrogen-bond donors (Lipinski definition) is 0. The zero-order chi connectivity index (χ0) is 30.4. The molecule has 0 N–H and O–H groups in total. The van der Waals surface area contributed by atoms with Crippen LogP contribution in [0, 0.1) is 12.7 Å². The van der Waals surface area contributed by atoms with Crippen molar-refractivity contribution in [3.8, 4) is 0 Å². The minimum Gasteiger partial charge on any atom is -0.321 e. The van der Waals surface area contributed by atoms with Crippen molar-refractivity contribution in [2.75, 3.05) is 13.6 Å². The molecule has 3 rings (SSSR count). The summed E-state index contributed by atoms with van der Waals surface area (Å²) < 4.78 is 120. The topological polar surface area (TPSA) is 57.7 Å². The van der Waals surface area contributed by atoms with Gasteiger partial charge in [0.2, 0.25) is 0 Å². The highest BCUT2D eigenvalue weighted by atomic mass is 32.2. The maximum Gasteiger partial charge on any atom is 0.416 e. The number of alkyl halides is 6. The molecule has 1 unspecified atom stereocenters. The second-order valence-electron chi connectivity index (χ2n) is 10.4. The number of amides is 2. The lowest BCUT2D eigenvalue weighted by molar-refractivity contribution is -0.143. The van der Waals surface area contributed by atoms with E-state index in [0.29, 0.717) is 23.3 Å². The number of carbonyl (C=O) groups is 1. The lowest BCUT2D eigenvalue weighted by atomic mass is 9.92. The quantitative estimate of drug-likeness (QED) is 0.340. The van der Waals surface area contributed by atoms with Gasteiger partial charge in [0.15, 0.2) is 9.84 Å². The van der Waals surface area contributed by atoms with Gasteiger partial charge in [-0.1, -0.05) is 6.07 Å². The van der Waals surface area contributed by atoms with Gasteiger partial charge in [0, 0.05) is 13.6 Å². The van der Waals surface area contributed by atoms with Crippen molar-refractivity contribution >= 4 is 15.9 Å². The lowest BCUT2D eigenvalue weighted by Crippen LogP contribution is -2.50. The second-order valence-corrected chi connectivity index (χ2v) is 13.2. The highest BCUT2D eigenvalue weighted by Crippen LogP contribution is 2.40. The molecule has 0 aliphatic carbocycles. The fourth-order valence-electron chi connectivity index (χ4n) is 4.97. The van der Waals surface area contributed by atoms with E-state index >= 15 is 0 Å². The Balaban J connectivity index is 2.02. The number of sulfone groups is 1. The van der Waals surface area contributed by atoms with Gasteiger partial charge in [0.1, 0.15) is 5.82 Å². The zero-order valence-corrected chi connectivity index (χ0v) is 23.4. The molecule has 5 nitrogen and oxygen atoms in total. The maximum atomic E-state index is 13.9. The fraction of sp³-hybridized carbons (Fsp3) is 0.519. The monoisotopic (exact) mass is 596 g/mol. The summed E-state index contributed by atoms with van der Waals surface area (Å²) >= 11 is 0. The van der Waals surface area contributed by atoms with Crippen molar-refractivity contribution in [2.24, 2.45) is 0 Å². The predicted molar refractivity (Wildman–Crippen MR) is 136 cm³/mol. The Kier molecular flexibility index (Phi) is 8.88. The van der Waals surface area contributed by atoms with Crippen LogP contribution in [-0.2, 0) is 22.2 Å². The van der Waals surface area contributed by atoms with Crippen LogP contribution in [0.2, 0.25) is 0 Å². The first-order valence-corrected chi connectivity index (χ1v) is 14.2. The fourth-order valence-corrected chi connectivity index (χ4v) is 6.62. The first-order valence-electron chi connectivity index (χ1n) is 12.6. The molecule has 1 aliphatic heterocycles. The van der Waals surface area contributed by atoms with E-state index in [0.717, 1.165) is 4.90 Å². The van der Waals surface area contributed by atoms with Crippen LogP contribution in [-0.4, -0.2) is 48.3 Å². The molecule has 1 aliphatic rings. The van der Waals surface area contributed by atoms with Gasteiger partial charge < -0.3 is 9.80 Å². The summed E-state index contributed by atoms with van der Waals surface area (Å²) in [4.78, 5) is 16.1. The van der Waals surface area contributed by atoms with Gasteiger partial charge >= 0.3 is 18.4 Å². The minimum absolute atomic E-state index is 0.00271. The number of aryl methyl sites for hydroxylation is 1. The Morgan fingerprint density at radius 1 is 0.975 bits per heavy atom. The maximum absolute atomic E-state index is 13.9. The number of hydrogen-bond acceptors (Lipinski definition) is 3. The number of carbonyl (C=O) groups excluding carboxylic acids is 1. The van der Waals surface area contributed by atoms with E-state index in [4.69, 9.17) is 0 Å². The number of nitrogens with zero attached hydrogens (tertiary/aromatic N) is 2. The van der Waals surface area contributed by atoms with Crippen LogP contribution in [0.3, 0.4) is 0 Å². The van der Waals surface area contributed by atoms with E-state index in [1.807, 2.05) is 0 Å². The van der Waals surface area contributed by atoms with Crippen molar-refractivity contribution in [2.45, 2.75) is 75.5 Å². The van der Waals surface area contributed by atoms with Gasteiger partial charge in [0.25, 0.3) is 0 Å². The average Bonchev–Trinajstić information content (AvgIpc) is 2.85. The first kappa shape index (κ1) is 31.7. The third-order valence-corrected chi connectivity index (χ3v) is 10.2. The van der Waals surface area contributed by atoms with Crippen LogP contribution in [0.5, 0.6) is 0 Å². The molecule has 0 aromatic heterocycles. The van der Waals surface area contributed by atoms with Gasteiger partial charge in [-0.05, 0) is 87.6 Å². The summed E-state index contributed by atoms with van der Waals surface area (Å²) in [6.45, 7) is 5.97. The summed E-state index contributed by atoms with van der Waals surface area (Å²) in [7, 11) is -2.31. The van der Waals surface area contributed by atoms with Gasteiger partial charge in [0.05, 0.1) is 33.7 Å². The smallest absolute Gasteiger partial charge is 0.321 e. The number of piperidine rings is 1. The van der Waals surface area contributed by atoms with Crippen molar-refractivity contribution < 1.29 is 43.9 Å². The Morgan fingerprint density at radius 3 is 2.00 bits per heavy atom. The van der Waals surface area contributed by atoms with Crippen LogP contribution in [0.1, 0.15) is 73.5 Å². The molecular formula is C27H31F7N2O3S. The van der Waals surface area contributed by atoms with Crippen molar-refractivity contribution in [3.05, 3.63) is 70.0 Å². The standard InChI is InChI=1S/C27H31F7N2O3S/c1-15(2)40(38,39)22-8-9-36(24(14-22)23-7-6-21(28)10-16(23)3)25(37)35(5)17(4)18-11-19(26(29,30)31)13-20(12-18)27(32,33)34/h6-7,10-13,15,17,22,24H,8-9,14H2,1-5H3/t17?,22-,24+/m0/s1. The van der Waals surface area contributed by atoms with E-state index in [1.165, 1.54) is 37.1 Å². The van der Waals surface area contributed by atoms with Crippen LogP contribution in [0.4, 0.5) is 35.5 Å². The molecule has 0 bridgehead atoms. The third-order valence-electron chi connectivity index (χ3n) is 7.49. The van der Waals surface area contributed by atoms with Gasteiger partial charge in [-0.3, -0.25) is 0 Å². The van der Waals surface area contributed by atoms with Crippen LogP contribution >= 0.6 is 0 Å². The largest absolute Gasteiger partial charge is 0.416 e. The number of benzene rings is 2.